The molecule has 1 saturated heterocycles. The van der Waals surface area contributed by atoms with Crippen LogP contribution in [0.1, 0.15) is 31.2 Å². The second-order valence-electron chi connectivity index (χ2n) is 6.09. The summed E-state index contributed by atoms with van der Waals surface area (Å²) in [5, 5.41) is 6.60. The minimum absolute atomic E-state index is 0.166. The first-order valence-corrected chi connectivity index (χ1v) is 8.46. The first-order chi connectivity index (χ1) is 11.7. The maximum Gasteiger partial charge on any atom is 0.315 e. The van der Waals surface area contributed by atoms with E-state index in [1.165, 1.54) is 12.5 Å². The monoisotopic (exact) mass is 329 g/mol. The Morgan fingerprint density at radius 2 is 2.12 bits per heavy atom. The van der Waals surface area contributed by atoms with Crippen molar-refractivity contribution in [2.75, 3.05) is 13.2 Å². The number of carbonyl (C=O) groups excluding carboxylic acids is 1. The third kappa shape index (κ3) is 4.35. The molecular weight excluding hydrogens is 306 g/mol. The summed E-state index contributed by atoms with van der Waals surface area (Å²) >= 11 is 0. The summed E-state index contributed by atoms with van der Waals surface area (Å²) in [5.41, 5.74) is 1.41. The van der Waals surface area contributed by atoms with Gasteiger partial charge in [0.1, 0.15) is 0 Å². The predicted octanol–water partition coefficient (Wildman–Crippen LogP) is 2.29. The molecule has 6 heteroatoms. The Kier molecular flexibility index (Phi) is 5.48. The number of aromatic nitrogens is 1. The first-order valence-electron chi connectivity index (χ1n) is 8.46. The molecule has 0 bridgehead atoms. The van der Waals surface area contributed by atoms with Gasteiger partial charge in [0.05, 0.1) is 6.10 Å². The minimum atomic E-state index is -0.227. The Morgan fingerprint density at radius 1 is 1.25 bits per heavy atom. The molecule has 1 unspecified atom stereocenters. The van der Waals surface area contributed by atoms with E-state index in [0.29, 0.717) is 13.1 Å². The molecule has 0 saturated carbocycles. The van der Waals surface area contributed by atoms with Crippen molar-refractivity contribution >= 4 is 16.9 Å². The van der Waals surface area contributed by atoms with Crippen LogP contribution >= 0.6 is 0 Å². The number of nitrogens with one attached hydrogen (secondary N) is 3. The van der Waals surface area contributed by atoms with Crippen LogP contribution in [0.4, 0.5) is 4.79 Å². The summed E-state index contributed by atoms with van der Waals surface area (Å²) in [7, 11) is 0. The van der Waals surface area contributed by atoms with Crippen LogP contribution in [0, 0.1) is 0 Å². The van der Waals surface area contributed by atoms with E-state index in [-0.39, 0.29) is 17.7 Å². The molecule has 1 aromatic heterocycles. The number of ether oxygens (including phenoxy) is 1. The molecule has 2 heterocycles. The number of rotatable bonds is 5. The molecule has 6 nitrogen and oxygen atoms in total. The fourth-order valence-electron chi connectivity index (χ4n) is 3.04. The third-order valence-electron chi connectivity index (χ3n) is 4.30. The number of benzene rings is 1. The number of pyridine rings is 1. The number of para-hydroxylation sites is 1. The van der Waals surface area contributed by atoms with Gasteiger partial charge in [-0.2, -0.15) is 0 Å². The summed E-state index contributed by atoms with van der Waals surface area (Å²) in [4.78, 5) is 26.4. The lowest BCUT2D eigenvalue weighted by molar-refractivity contribution is 0.0120. The van der Waals surface area contributed by atoms with Crippen molar-refractivity contribution in [2.24, 2.45) is 0 Å². The summed E-state index contributed by atoms with van der Waals surface area (Å²) in [6, 6.07) is 8.86. The van der Waals surface area contributed by atoms with Crippen LogP contribution in [0.5, 0.6) is 0 Å². The molecular formula is C18H23N3O3. The van der Waals surface area contributed by atoms with E-state index in [4.69, 9.17) is 4.74 Å². The SMILES string of the molecule is O=C(NCCC1CCCCO1)NCc1cc(=O)[nH]c2ccccc12. The van der Waals surface area contributed by atoms with Gasteiger partial charge in [0.25, 0.3) is 0 Å². The highest BCUT2D eigenvalue weighted by molar-refractivity contribution is 5.82. The zero-order valence-electron chi connectivity index (χ0n) is 13.6. The predicted molar refractivity (Wildman–Crippen MR) is 93.0 cm³/mol. The van der Waals surface area contributed by atoms with Crippen molar-refractivity contribution < 1.29 is 9.53 Å². The highest BCUT2D eigenvalue weighted by Gasteiger charge is 2.13. The van der Waals surface area contributed by atoms with Gasteiger partial charge in [0.15, 0.2) is 0 Å². The second-order valence-corrected chi connectivity index (χ2v) is 6.09. The Bertz CT molecular complexity index is 751. The number of aromatic amines is 1. The number of urea groups is 1. The lowest BCUT2D eigenvalue weighted by Gasteiger charge is -2.22. The Morgan fingerprint density at radius 3 is 2.96 bits per heavy atom. The molecule has 0 spiro atoms. The van der Waals surface area contributed by atoms with Crippen LogP contribution in [0.25, 0.3) is 10.9 Å². The molecule has 1 atom stereocenters. The van der Waals surface area contributed by atoms with Gasteiger partial charge >= 0.3 is 6.03 Å². The standard InChI is InChI=1S/C18H23N3O3/c22-17-11-13(15-6-1-2-7-16(15)21-17)12-20-18(23)19-9-8-14-5-3-4-10-24-14/h1-2,6-7,11,14H,3-5,8-10,12H2,(H,21,22)(H2,19,20,23). The van der Waals surface area contributed by atoms with Crippen LogP contribution in [0.3, 0.4) is 0 Å². The highest BCUT2D eigenvalue weighted by Crippen LogP contribution is 2.15. The van der Waals surface area contributed by atoms with Gasteiger partial charge in [-0.1, -0.05) is 18.2 Å². The van der Waals surface area contributed by atoms with E-state index in [0.717, 1.165) is 42.3 Å². The van der Waals surface area contributed by atoms with Gasteiger partial charge in [-0.3, -0.25) is 4.79 Å². The fourth-order valence-corrected chi connectivity index (χ4v) is 3.04. The van der Waals surface area contributed by atoms with Gasteiger partial charge in [0, 0.05) is 36.7 Å². The number of H-pyrrole nitrogens is 1. The second kappa shape index (κ2) is 7.97. The smallest absolute Gasteiger partial charge is 0.315 e. The summed E-state index contributed by atoms with van der Waals surface area (Å²) in [5.74, 6) is 0. The maximum atomic E-state index is 11.9. The lowest BCUT2D eigenvalue weighted by atomic mass is 10.1. The minimum Gasteiger partial charge on any atom is -0.378 e. The third-order valence-corrected chi connectivity index (χ3v) is 4.30. The van der Waals surface area contributed by atoms with Crippen LogP contribution in [-0.2, 0) is 11.3 Å². The normalized spacial score (nSPS) is 17.6. The van der Waals surface area contributed by atoms with Gasteiger partial charge in [-0.25, -0.2) is 4.79 Å². The summed E-state index contributed by atoms with van der Waals surface area (Å²) < 4.78 is 5.64. The van der Waals surface area contributed by atoms with Crippen molar-refractivity contribution in [3.8, 4) is 0 Å². The van der Waals surface area contributed by atoms with Crippen LogP contribution in [0.2, 0.25) is 0 Å². The van der Waals surface area contributed by atoms with Crippen molar-refractivity contribution in [1.29, 1.82) is 0 Å². The molecule has 0 aliphatic carbocycles. The number of fused-ring (bicyclic) bond motifs is 1. The molecule has 1 fully saturated rings. The number of hydrogen-bond donors (Lipinski definition) is 3. The fraction of sp³-hybridized carbons (Fsp3) is 0.444. The molecule has 128 valence electrons. The molecule has 3 N–H and O–H groups in total. The van der Waals surface area contributed by atoms with E-state index in [9.17, 15) is 9.59 Å². The quantitative estimate of drug-likeness (QED) is 0.787. The molecule has 2 aromatic rings. The van der Waals surface area contributed by atoms with Gasteiger partial charge in [-0.05, 0) is 37.3 Å². The van der Waals surface area contributed by atoms with Crippen LogP contribution < -0.4 is 16.2 Å². The van der Waals surface area contributed by atoms with Crippen molar-refractivity contribution in [1.82, 2.24) is 15.6 Å². The molecule has 24 heavy (non-hydrogen) atoms. The van der Waals surface area contributed by atoms with Crippen molar-refractivity contribution in [3.05, 3.63) is 46.2 Å². The summed E-state index contributed by atoms with van der Waals surface area (Å²) in [6.07, 6.45) is 4.50. The van der Waals surface area contributed by atoms with E-state index >= 15 is 0 Å². The molecule has 1 aliphatic rings. The van der Waals surface area contributed by atoms with Gasteiger partial charge < -0.3 is 20.4 Å². The van der Waals surface area contributed by atoms with Crippen LogP contribution in [-0.4, -0.2) is 30.3 Å². The average Bonchev–Trinajstić information content (AvgIpc) is 2.60. The molecule has 1 aliphatic heterocycles. The zero-order valence-corrected chi connectivity index (χ0v) is 13.6. The van der Waals surface area contributed by atoms with E-state index in [2.05, 4.69) is 15.6 Å². The Labute approximate surface area is 140 Å². The molecule has 0 radical (unpaired) electrons. The number of amides is 2. The molecule has 1 aromatic carbocycles. The topological polar surface area (TPSA) is 83.2 Å². The molecule has 3 rings (SSSR count). The Hall–Kier alpha value is -2.34. The van der Waals surface area contributed by atoms with Crippen LogP contribution in [0.15, 0.2) is 35.1 Å². The zero-order chi connectivity index (χ0) is 16.8. The van der Waals surface area contributed by atoms with E-state index in [1.54, 1.807) is 0 Å². The van der Waals surface area contributed by atoms with Gasteiger partial charge in [0.2, 0.25) is 5.56 Å². The first kappa shape index (κ1) is 16.5. The van der Waals surface area contributed by atoms with Gasteiger partial charge in [-0.15, -0.1) is 0 Å². The largest absolute Gasteiger partial charge is 0.378 e. The average molecular weight is 329 g/mol. The lowest BCUT2D eigenvalue weighted by Crippen LogP contribution is -2.37. The van der Waals surface area contributed by atoms with Crippen molar-refractivity contribution in [2.45, 2.75) is 38.3 Å². The molecule has 2 amide bonds. The van der Waals surface area contributed by atoms with E-state index < -0.39 is 0 Å². The van der Waals surface area contributed by atoms with E-state index in [1.807, 2.05) is 24.3 Å². The number of carbonyl (C=O) groups is 1. The Balaban J connectivity index is 1.50. The highest BCUT2D eigenvalue weighted by atomic mass is 16.5. The summed E-state index contributed by atoms with van der Waals surface area (Å²) in [6.45, 7) is 1.73. The van der Waals surface area contributed by atoms with Crippen molar-refractivity contribution in [3.63, 3.8) is 0 Å². The number of hydrogen-bond acceptors (Lipinski definition) is 3. The maximum absolute atomic E-state index is 11.9.